The maximum absolute atomic E-state index is 12.8. The van der Waals surface area contributed by atoms with Crippen LogP contribution >= 0.6 is 0 Å². The Morgan fingerprint density at radius 2 is 2.00 bits per heavy atom. The molecule has 0 amide bonds. The molecular formula is C11H15F3N4O. The third kappa shape index (κ3) is 3.46. The molecule has 1 fully saturated rings. The number of halogens is 3. The Bertz CT molecular complexity index is 432. The Kier molecular flexibility index (Phi) is 4.08. The number of piperazine rings is 1. The second-order valence-corrected chi connectivity index (χ2v) is 4.06. The molecule has 1 aromatic rings. The number of ether oxygens (including phenoxy) is 1. The second kappa shape index (κ2) is 5.60. The standard InChI is InChI=1S/C11H15F3N4O/c1-2-19-9-7-8(11(12,13)14)16-10(17-9)18-5-3-15-4-6-18/h7,15H,2-6H2,1H3. The largest absolute Gasteiger partial charge is 0.478 e. The van der Waals surface area contributed by atoms with E-state index < -0.39 is 11.9 Å². The molecule has 1 saturated heterocycles. The molecule has 2 rings (SSSR count). The van der Waals surface area contributed by atoms with Gasteiger partial charge in [0.2, 0.25) is 11.8 Å². The first kappa shape index (κ1) is 13.9. The van der Waals surface area contributed by atoms with Crippen LogP contribution in [0.5, 0.6) is 5.88 Å². The van der Waals surface area contributed by atoms with Gasteiger partial charge in [0, 0.05) is 32.2 Å². The van der Waals surface area contributed by atoms with Crippen molar-refractivity contribution in [2.24, 2.45) is 0 Å². The first-order valence-electron chi connectivity index (χ1n) is 6.05. The molecule has 1 aliphatic heterocycles. The van der Waals surface area contributed by atoms with Crippen LogP contribution in [0.3, 0.4) is 0 Å². The zero-order valence-corrected chi connectivity index (χ0v) is 10.5. The lowest BCUT2D eigenvalue weighted by molar-refractivity contribution is -0.141. The van der Waals surface area contributed by atoms with Crippen molar-refractivity contribution in [3.05, 3.63) is 11.8 Å². The summed E-state index contributed by atoms with van der Waals surface area (Å²) in [7, 11) is 0. The molecule has 0 aliphatic carbocycles. The van der Waals surface area contributed by atoms with Crippen LogP contribution in [-0.2, 0) is 6.18 Å². The third-order valence-electron chi connectivity index (χ3n) is 2.67. The lowest BCUT2D eigenvalue weighted by Gasteiger charge is -2.27. The number of anilines is 1. The molecule has 0 radical (unpaired) electrons. The van der Waals surface area contributed by atoms with Crippen molar-refractivity contribution in [1.29, 1.82) is 0 Å². The van der Waals surface area contributed by atoms with E-state index in [1.165, 1.54) is 0 Å². The Morgan fingerprint density at radius 3 is 2.58 bits per heavy atom. The molecule has 0 saturated carbocycles. The zero-order valence-electron chi connectivity index (χ0n) is 10.5. The highest BCUT2D eigenvalue weighted by atomic mass is 19.4. The van der Waals surface area contributed by atoms with E-state index in [4.69, 9.17) is 4.74 Å². The summed E-state index contributed by atoms with van der Waals surface area (Å²) >= 11 is 0. The summed E-state index contributed by atoms with van der Waals surface area (Å²) in [4.78, 5) is 9.33. The Hall–Kier alpha value is -1.57. The molecule has 106 valence electrons. The maximum Gasteiger partial charge on any atom is 0.433 e. The first-order chi connectivity index (χ1) is 9.00. The van der Waals surface area contributed by atoms with Crippen LogP contribution in [0.4, 0.5) is 19.1 Å². The van der Waals surface area contributed by atoms with Gasteiger partial charge in [-0.3, -0.25) is 0 Å². The molecule has 0 unspecified atom stereocenters. The molecule has 0 spiro atoms. The number of nitrogens with one attached hydrogen (secondary N) is 1. The van der Waals surface area contributed by atoms with Gasteiger partial charge in [0.25, 0.3) is 0 Å². The molecule has 19 heavy (non-hydrogen) atoms. The van der Waals surface area contributed by atoms with Crippen molar-refractivity contribution in [1.82, 2.24) is 15.3 Å². The van der Waals surface area contributed by atoms with Gasteiger partial charge in [-0.15, -0.1) is 0 Å². The molecule has 0 aromatic carbocycles. The zero-order chi connectivity index (χ0) is 13.9. The Labute approximate surface area is 108 Å². The summed E-state index contributed by atoms with van der Waals surface area (Å²) in [5, 5.41) is 3.12. The van der Waals surface area contributed by atoms with Gasteiger partial charge in [-0.1, -0.05) is 0 Å². The third-order valence-corrected chi connectivity index (χ3v) is 2.67. The van der Waals surface area contributed by atoms with Gasteiger partial charge in [-0.2, -0.15) is 18.2 Å². The molecule has 1 aromatic heterocycles. The molecule has 0 bridgehead atoms. The quantitative estimate of drug-likeness (QED) is 0.902. The molecule has 5 nitrogen and oxygen atoms in total. The van der Waals surface area contributed by atoms with E-state index in [1.54, 1.807) is 11.8 Å². The topological polar surface area (TPSA) is 50.3 Å². The fraction of sp³-hybridized carbons (Fsp3) is 0.636. The molecule has 0 atom stereocenters. The summed E-state index contributed by atoms with van der Waals surface area (Å²) in [5.74, 6) is 0.0260. The van der Waals surface area contributed by atoms with Gasteiger partial charge in [0.05, 0.1) is 6.61 Å². The van der Waals surface area contributed by atoms with Gasteiger partial charge < -0.3 is 15.0 Å². The molecule has 1 N–H and O–H groups in total. The lowest BCUT2D eigenvalue weighted by atomic mass is 10.3. The van der Waals surface area contributed by atoms with Crippen molar-refractivity contribution in [3.8, 4) is 5.88 Å². The minimum absolute atomic E-state index is 0.0432. The van der Waals surface area contributed by atoms with Crippen molar-refractivity contribution >= 4 is 5.95 Å². The van der Waals surface area contributed by atoms with E-state index in [-0.39, 0.29) is 18.4 Å². The summed E-state index contributed by atoms with van der Waals surface area (Å²) in [6.45, 7) is 4.50. The molecule has 1 aliphatic rings. The summed E-state index contributed by atoms with van der Waals surface area (Å²) < 4.78 is 43.4. The lowest BCUT2D eigenvalue weighted by Crippen LogP contribution is -2.44. The summed E-state index contributed by atoms with van der Waals surface area (Å²) in [5.41, 5.74) is -0.973. The number of alkyl halides is 3. The number of hydrogen-bond donors (Lipinski definition) is 1. The fourth-order valence-electron chi connectivity index (χ4n) is 1.79. The Morgan fingerprint density at radius 1 is 1.32 bits per heavy atom. The van der Waals surface area contributed by atoms with Gasteiger partial charge in [-0.25, -0.2) is 4.98 Å². The van der Waals surface area contributed by atoms with Gasteiger partial charge in [0.1, 0.15) is 0 Å². The minimum atomic E-state index is -4.50. The van der Waals surface area contributed by atoms with E-state index in [9.17, 15) is 13.2 Å². The van der Waals surface area contributed by atoms with Crippen LogP contribution in [0.2, 0.25) is 0 Å². The highest BCUT2D eigenvalue weighted by Gasteiger charge is 2.34. The van der Waals surface area contributed by atoms with Crippen LogP contribution in [0, 0.1) is 0 Å². The van der Waals surface area contributed by atoms with Crippen LogP contribution < -0.4 is 15.0 Å². The van der Waals surface area contributed by atoms with E-state index in [2.05, 4.69) is 15.3 Å². The SMILES string of the molecule is CCOc1cc(C(F)(F)F)nc(N2CCNCC2)n1. The van der Waals surface area contributed by atoms with Crippen molar-refractivity contribution in [2.75, 3.05) is 37.7 Å². The van der Waals surface area contributed by atoms with E-state index in [1.807, 2.05) is 0 Å². The number of hydrogen-bond acceptors (Lipinski definition) is 5. The number of rotatable bonds is 3. The normalized spacial score (nSPS) is 16.5. The van der Waals surface area contributed by atoms with Crippen LogP contribution in [-0.4, -0.2) is 42.8 Å². The molecule has 8 heteroatoms. The highest BCUT2D eigenvalue weighted by Crippen LogP contribution is 2.30. The monoisotopic (exact) mass is 276 g/mol. The van der Waals surface area contributed by atoms with Gasteiger partial charge >= 0.3 is 6.18 Å². The van der Waals surface area contributed by atoms with E-state index in [0.717, 1.165) is 6.07 Å². The van der Waals surface area contributed by atoms with E-state index >= 15 is 0 Å². The first-order valence-corrected chi connectivity index (χ1v) is 6.05. The summed E-state index contributed by atoms with van der Waals surface area (Å²) in [6.07, 6.45) is -4.50. The molecular weight excluding hydrogens is 261 g/mol. The number of nitrogens with zero attached hydrogens (tertiary/aromatic N) is 3. The maximum atomic E-state index is 12.8. The highest BCUT2D eigenvalue weighted by molar-refractivity contribution is 5.36. The van der Waals surface area contributed by atoms with Crippen molar-refractivity contribution in [2.45, 2.75) is 13.1 Å². The van der Waals surface area contributed by atoms with Crippen LogP contribution in [0.25, 0.3) is 0 Å². The smallest absolute Gasteiger partial charge is 0.433 e. The summed E-state index contributed by atoms with van der Waals surface area (Å²) in [6, 6.07) is 0.829. The van der Waals surface area contributed by atoms with Crippen LogP contribution in [0.15, 0.2) is 6.07 Å². The second-order valence-electron chi connectivity index (χ2n) is 4.06. The average molecular weight is 276 g/mol. The predicted octanol–water partition coefficient (Wildman–Crippen LogP) is 1.30. The molecule has 2 heterocycles. The van der Waals surface area contributed by atoms with Gasteiger partial charge in [0.15, 0.2) is 5.69 Å². The van der Waals surface area contributed by atoms with Crippen molar-refractivity contribution < 1.29 is 17.9 Å². The van der Waals surface area contributed by atoms with Crippen LogP contribution in [0.1, 0.15) is 12.6 Å². The Balaban J connectivity index is 2.33. The average Bonchev–Trinajstić information content (AvgIpc) is 2.39. The fourth-order valence-corrected chi connectivity index (χ4v) is 1.79. The predicted molar refractivity (Wildman–Crippen MR) is 63.3 cm³/mol. The van der Waals surface area contributed by atoms with Crippen molar-refractivity contribution in [3.63, 3.8) is 0 Å². The minimum Gasteiger partial charge on any atom is -0.478 e. The number of aromatic nitrogens is 2. The van der Waals surface area contributed by atoms with Gasteiger partial charge in [-0.05, 0) is 6.92 Å². The van der Waals surface area contributed by atoms with E-state index in [0.29, 0.717) is 26.2 Å².